The predicted molar refractivity (Wildman–Crippen MR) is 117 cm³/mol. The van der Waals surface area contributed by atoms with Crippen LogP contribution in [0, 0.1) is 0 Å². The molecule has 3 heteroatoms. The highest BCUT2D eigenvalue weighted by atomic mass is 16.4. The number of carboxylic acid groups (broad SMARTS) is 1. The van der Waals surface area contributed by atoms with Crippen molar-refractivity contribution < 1.29 is 9.90 Å². The van der Waals surface area contributed by atoms with Crippen LogP contribution in [-0.2, 0) is 10.8 Å². The molecule has 152 valence electrons. The molecule has 2 aromatic rings. The third kappa shape index (κ3) is 3.75. The molecule has 1 fully saturated rings. The average Bonchev–Trinajstić information content (AvgIpc) is 3.13. The van der Waals surface area contributed by atoms with Gasteiger partial charge in [0.1, 0.15) is 5.69 Å². The maximum absolute atomic E-state index is 11.2. The van der Waals surface area contributed by atoms with Crippen LogP contribution in [0.1, 0.15) is 98.6 Å². The van der Waals surface area contributed by atoms with Crippen LogP contribution in [0.5, 0.6) is 0 Å². The van der Waals surface area contributed by atoms with Gasteiger partial charge in [0.05, 0.1) is 5.69 Å². The molecule has 0 aliphatic heterocycles. The Morgan fingerprint density at radius 3 is 2.52 bits per heavy atom. The van der Waals surface area contributed by atoms with E-state index >= 15 is 0 Å². The van der Waals surface area contributed by atoms with E-state index in [1.54, 1.807) is 12.1 Å². The summed E-state index contributed by atoms with van der Waals surface area (Å²) < 4.78 is 0. The molecule has 0 amide bonds. The maximum Gasteiger partial charge on any atom is 0.354 e. The van der Waals surface area contributed by atoms with Crippen molar-refractivity contribution in [2.45, 2.75) is 76.5 Å². The van der Waals surface area contributed by atoms with E-state index in [4.69, 9.17) is 0 Å². The molecule has 0 radical (unpaired) electrons. The summed E-state index contributed by atoms with van der Waals surface area (Å²) >= 11 is 0. The fourth-order valence-electron chi connectivity index (χ4n) is 5.09. The fourth-order valence-corrected chi connectivity index (χ4v) is 5.09. The summed E-state index contributed by atoms with van der Waals surface area (Å²) in [5.74, 6) is -0.579. The lowest BCUT2D eigenvalue weighted by Gasteiger charge is -2.42. The van der Waals surface area contributed by atoms with Crippen LogP contribution in [0.4, 0.5) is 0 Å². The standard InChI is InChI=1S/C26H31NO2/c1-25(2)13-14-26(3,4)22-16-18(11-12-21(22)25)20-9-5-7-17(20)15-19-8-6-10-23(27-19)24(28)29/h6,8,10-12,15-16,20H,5,7,9,13-14H2,1-4H3,(H,28,29)/b17-15+. The molecule has 1 unspecified atom stereocenters. The fraction of sp³-hybridized carbons (Fsp3) is 0.462. The smallest absolute Gasteiger partial charge is 0.354 e. The molecule has 1 heterocycles. The van der Waals surface area contributed by atoms with E-state index in [0.29, 0.717) is 5.92 Å². The Bertz CT molecular complexity index is 984. The molecule has 4 rings (SSSR count). The first kappa shape index (κ1) is 19.9. The van der Waals surface area contributed by atoms with Crippen molar-refractivity contribution in [3.8, 4) is 0 Å². The van der Waals surface area contributed by atoms with Gasteiger partial charge in [-0.15, -0.1) is 0 Å². The molecule has 1 N–H and O–H groups in total. The minimum Gasteiger partial charge on any atom is -0.477 e. The number of nitrogens with zero attached hydrogens (tertiary/aromatic N) is 1. The van der Waals surface area contributed by atoms with Gasteiger partial charge in [-0.25, -0.2) is 9.78 Å². The van der Waals surface area contributed by atoms with Gasteiger partial charge in [0.2, 0.25) is 0 Å². The van der Waals surface area contributed by atoms with Crippen molar-refractivity contribution in [2.24, 2.45) is 0 Å². The first-order valence-corrected chi connectivity index (χ1v) is 10.7. The Morgan fingerprint density at radius 1 is 1.07 bits per heavy atom. The van der Waals surface area contributed by atoms with Crippen molar-refractivity contribution in [2.75, 3.05) is 0 Å². The van der Waals surface area contributed by atoms with Crippen molar-refractivity contribution in [3.05, 3.63) is 70.0 Å². The van der Waals surface area contributed by atoms with Crippen LogP contribution in [-0.4, -0.2) is 16.1 Å². The lowest BCUT2D eigenvalue weighted by Crippen LogP contribution is -2.34. The second kappa shape index (κ2) is 7.12. The number of aromatic nitrogens is 1. The Labute approximate surface area is 173 Å². The van der Waals surface area contributed by atoms with E-state index in [1.165, 1.54) is 41.5 Å². The van der Waals surface area contributed by atoms with Gasteiger partial charge in [-0.2, -0.15) is 0 Å². The van der Waals surface area contributed by atoms with Crippen LogP contribution in [0.25, 0.3) is 6.08 Å². The minimum atomic E-state index is -0.979. The van der Waals surface area contributed by atoms with Crippen LogP contribution in [0.2, 0.25) is 0 Å². The molecular weight excluding hydrogens is 358 g/mol. The van der Waals surface area contributed by atoms with E-state index in [9.17, 15) is 9.90 Å². The molecule has 3 nitrogen and oxygen atoms in total. The zero-order chi connectivity index (χ0) is 20.8. The van der Waals surface area contributed by atoms with Crippen molar-refractivity contribution >= 4 is 12.0 Å². The first-order chi connectivity index (χ1) is 13.7. The highest BCUT2D eigenvalue weighted by Crippen LogP contribution is 2.48. The average molecular weight is 390 g/mol. The second-order valence-corrected chi connectivity index (χ2v) is 9.99. The number of carboxylic acids is 1. The van der Waals surface area contributed by atoms with Crippen molar-refractivity contribution in [3.63, 3.8) is 0 Å². The third-order valence-corrected chi connectivity index (χ3v) is 7.01. The quantitative estimate of drug-likeness (QED) is 0.653. The summed E-state index contributed by atoms with van der Waals surface area (Å²) in [7, 11) is 0. The number of fused-ring (bicyclic) bond motifs is 1. The minimum absolute atomic E-state index is 0.103. The molecule has 2 aliphatic rings. The SMILES string of the molecule is CC1(C)CCC(C)(C)c2cc(C3CCC/C3=C\c3cccc(C(=O)O)n3)ccc21. The summed E-state index contributed by atoms with van der Waals surface area (Å²) in [6.07, 6.45) is 7.92. The van der Waals surface area contributed by atoms with Gasteiger partial charge in [-0.1, -0.05) is 57.5 Å². The first-order valence-electron chi connectivity index (χ1n) is 10.7. The molecular formula is C26H31NO2. The van der Waals surface area contributed by atoms with Gasteiger partial charge in [0, 0.05) is 5.92 Å². The molecule has 0 saturated heterocycles. The van der Waals surface area contributed by atoms with Crippen LogP contribution in [0.3, 0.4) is 0 Å². The molecule has 1 aromatic heterocycles. The molecule has 1 atom stereocenters. The zero-order valence-electron chi connectivity index (χ0n) is 18.0. The number of aromatic carboxylic acids is 1. The predicted octanol–water partition coefficient (Wildman–Crippen LogP) is 6.48. The van der Waals surface area contributed by atoms with Gasteiger partial charge in [0.15, 0.2) is 0 Å². The normalized spacial score (nSPS) is 23.7. The summed E-state index contributed by atoms with van der Waals surface area (Å²) in [6.45, 7) is 9.47. The molecule has 0 bridgehead atoms. The van der Waals surface area contributed by atoms with Gasteiger partial charge in [-0.05, 0) is 77.8 Å². The summed E-state index contributed by atoms with van der Waals surface area (Å²) in [6, 6.07) is 12.4. The largest absolute Gasteiger partial charge is 0.477 e. The van der Waals surface area contributed by atoms with Crippen LogP contribution in [0.15, 0.2) is 42.0 Å². The number of carbonyl (C=O) groups is 1. The number of allylic oxidation sites excluding steroid dienone is 1. The number of hydrogen-bond acceptors (Lipinski definition) is 2. The van der Waals surface area contributed by atoms with E-state index < -0.39 is 5.97 Å². The molecule has 2 aliphatic carbocycles. The van der Waals surface area contributed by atoms with E-state index in [2.05, 4.69) is 57.0 Å². The highest BCUT2D eigenvalue weighted by molar-refractivity contribution is 5.85. The Morgan fingerprint density at radius 2 is 1.79 bits per heavy atom. The summed E-state index contributed by atoms with van der Waals surface area (Å²) in [5.41, 5.74) is 7.05. The Kier molecular flexibility index (Phi) is 4.88. The number of benzene rings is 1. The van der Waals surface area contributed by atoms with E-state index in [0.717, 1.165) is 18.5 Å². The Balaban J connectivity index is 1.71. The molecule has 1 aromatic carbocycles. The summed E-state index contributed by atoms with van der Waals surface area (Å²) in [4.78, 5) is 15.5. The van der Waals surface area contributed by atoms with Crippen LogP contribution < -0.4 is 0 Å². The van der Waals surface area contributed by atoms with E-state index in [-0.39, 0.29) is 16.5 Å². The lowest BCUT2D eigenvalue weighted by molar-refractivity contribution is 0.0690. The molecule has 1 saturated carbocycles. The molecule has 0 spiro atoms. The van der Waals surface area contributed by atoms with Gasteiger partial charge >= 0.3 is 5.97 Å². The maximum atomic E-state index is 11.2. The third-order valence-electron chi connectivity index (χ3n) is 7.01. The van der Waals surface area contributed by atoms with Gasteiger partial charge in [0.25, 0.3) is 0 Å². The second-order valence-electron chi connectivity index (χ2n) is 9.99. The topological polar surface area (TPSA) is 50.2 Å². The van der Waals surface area contributed by atoms with Crippen molar-refractivity contribution in [1.29, 1.82) is 0 Å². The van der Waals surface area contributed by atoms with Gasteiger partial charge < -0.3 is 5.11 Å². The highest BCUT2D eigenvalue weighted by Gasteiger charge is 2.37. The monoisotopic (exact) mass is 389 g/mol. The van der Waals surface area contributed by atoms with Crippen molar-refractivity contribution in [1.82, 2.24) is 4.98 Å². The number of pyridine rings is 1. The van der Waals surface area contributed by atoms with E-state index in [1.807, 2.05) is 6.07 Å². The lowest BCUT2D eigenvalue weighted by atomic mass is 9.62. The summed E-state index contributed by atoms with van der Waals surface area (Å²) in [5, 5.41) is 9.22. The number of rotatable bonds is 3. The Hall–Kier alpha value is -2.42. The van der Waals surface area contributed by atoms with Crippen LogP contribution >= 0.6 is 0 Å². The number of hydrogen-bond donors (Lipinski definition) is 1. The molecule has 29 heavy (non-hydrogen) atoms. The van der Waals surface area contributed by atoms with Gasteiger partial charge in [-0.3, -0.25) is 0 Å². The zero-order valence-corrected chi connectivity index (χ0v) is 18.0.